The monoisotopic (exact) mass is 364 g/mol. The Labute approximate surface area is 158 Å². The Balaban J connectivity index is -0.000000145. The van der Waals surface area contributed by atoms with Crippen LogP contribution in [-0.2, 0) is 0 Å². The second kappa shape index (κ2) is 19.5. The van der Waals surface area contributed by atoms with Crippen LogP contribution in [0.4, 0.5) is 0 Å². The summed E-state index contributed by atoms with van der Waals surface area (Å²) in [5.41, 5.74) is 0. The third-order valence-electron chi connectivity index (χ3n) is 3.36. The summed E-state index contributed by atoms with van der Waals surface area (Å²) in [7, 11) is 2.24. The van der Waals surface area contributed by atoms with Crippen molar-refractivity contribution < 1.29 is 16.9 Å². The molecular formula is C19H38Cl2N2. The molecule has 0 aromatic heterocycles. The largest absolute Gasteiger partial charge is 1.00 e. The molecular weight excluding hydrogens is 327 g/mol. The first-order valence-corrected chi connectivity index (χ1v) is 7.91. The third kappa shape index (κ3) is 17.6. The average molecular weight is 365 g/mol. The maximum absolute atomic E-state index is 3.76. The first kappa shape index (κ1) is 30.4. The first-order valence-electron chi connectivity index (χ1n) is 7.91. The van der Waals surface area contributed by atoms with E-state index in [-0.39, 0.29) is 24.8 Å². The highest BCUT2D eigenvalue weighted by molar-refractivity contribution is 5.85. The van der Waals surface area contributed by atoms with E-state index in [9.17, 15) is 0 Å². The molecule has 2 nitrogen and oxygen atoms in total. The second-order valence-corrected chi connectivity index (χ2v) is 5.91. The third-order valence-corrected chi connectivity index (χ3v) is 3.36. The minimum Gasteiger partial charge on any atom is -1.00 e. The number of halogens is 2. The van der Waals surface area contributed by atoms with E-state index in [0.29, 0.717) is 6.04 Å². The van der Waals surface area contributed by atoms with Crippen molar-refractivity contribution in [1.29, 1.82) is 0 Å². The number of nitrogens with zero attached hydrogens (tertiary/aromatic N) is 2. The number of hydrogen-bond acceptors (Lipinski definition) is 1. The highest BCUT2D eigenvalue weighted by Gasteiger charge is 2.15. The molecule has 0 spiro atoms. The van der Waals surface area contributed by atoms with Crippen molar-refractivity contribution in [2.24, 2.45) is 0 Å². The van der Waals surface area contributed by atoms with Gasteiger partial charge in [0, 0.05) is 19.1 Å². The highest BCUT2D eigenvalue weighted by Crippen LogP contribution is 2.03. The molecule has 0 rings (SSSR count). The summed E-state index contributed by atoms with van der Waals surface area (Å²) < 4.78 is 1.05. The van der Waals surface area contributed by atoms with Crippen LogP contribution in [0, 0.1) is 0 Å². The second-order valence-electron chi connectivity index (χ2n) is 5.91. The van der Waals surface area contributed by atoms with Crippen LogP contribution >= 0.6 is 12.4 Å². The Morgan fingerprint density at radius 2 is 1.30 bits per heavy atom. The van der Waals surface area contributed by atoms with E-state index < -0.39 is 0 Å². The molecule has 0 heterocycles. The van der Waals surface area contributed by atoms with Gasteiger partial charge in [0.1, 0.15) is 0 Å². The normalized spacial score (nSPS) is 9.83. The van der Waals surface area contributed by atoms with Crippen molar-refractivity contribution in [2.75, 3.05) is 39.8 Å². The van der Waals surface area contributed by atoms with Crippen molar-refractivity contribution in [2.45, 2.75) is 33.2 Å². The van der Waals surface area contributed by atoms with Crippen LogP contribution in [0.2, 0.25) is 0 Å². The van der Waals surface area contributed by atoms with E-state index in [4.69, 9.17) is 0 Å². The van der Waals surface area contributed by atoms with Gasteiger partial charge in [-0.2, -0.15) is 0 Å². The molecule has 0 radical (unpaired) electrons. The zero-order valence-electron chi connectivity index (χ0n) is 15.6. The average Bonchev–Trinajstić information content (AvgIpc) is 2.39. The Morgan fingerprint density at radius 3 is 1.52 bits per heavy atom. The molecule has 0 atom stereocenters. The maximum atomic E-state index is 3.76. The predicted octanol–water partition coefficient (Wildman–Crippen LogP) is 1.71. The molecule has 0 unspecified atom stereocenters. The molecule has 0 aliphatic heterocycles. The Kier molecular flexibility index (Phi) is 25.7. The molecule has 4 heteroatoms. The number of rotatable bonds is 11. The van der Waals surface area contributed by atoms with Crippen molar-refractivity contribution in [1.82, 2.24) is 4.90 Å². The van der Waals surface area contributed by atoms with E-state index in [2.05, 4.69) is 59.0 Å². The highest BCUT2D eigenvalue weighted by atomic mass is 35.5. The summed E-state index contributed by atoms with van der Waals surface area (Å²) in [6.45, 7) is 26.6. The molecule has 0 aromatic rings. The molecule has 0 amide bonds. The fourth-order valence-corrected chi connectivity index (χ4v) is 2.25. The summed E-state index contributed by atoms with van der Waals surface area (Å²) in [6, 6.07) is 0.580. The molecule has 138 valence electrons. The predicted molar refractivity (Wildman–Crippen MR) is 106 cm³/mol. The van der Waals surface area contributed by atoms with Crippen molar-refractivity contribution in [3.05, 3.63) is 50.6 Å². The van der Waals surface area contributed by atoms with Gasteiger partial charge in [0.05, 0.1) is 26.7 Å². The van der Waals surface area contributed by atoms with Crippen LogP contribution in [0.5, 0.6) is 0 Å². The molecule has 23 heavy (non-hydrogen) atoms. The van der Waals surface area contributed by atoms with Crippen LogP contribution in [0.15, 0.2) is 50.6 Å². The minimum absolute atomic E-state index is 0. The molecule has 0 fully saturated rings. The lowest BCUT2D eigenvalue weighted by Gasteiger charge is -2.31. The van der Waals surface area contributed by atoms with Crippen LogP contribution in [0.3, 0.4) is 0 Å². The van der Waals surface area contributed by atoms with E-state index >= 15 is 0 Å². The van der Waals surface area contributed by atoms with Gasteiger partial charge in [-0.3, -0.25) is 4.90 Å². The zero-order valence-corrected chi connectivity index (χ0v) is 17.2. The van der Waals surface area contributed by atoms with E-state index in [1.807, 2.05) is 24.3 Å². The van der Waals surface area contributed by atoms with Crippen molar-refractivity contribution in [3.8, 4) is 0 Å². The number of hydrogen-bond donors (Lipinski definition) is 0. The first-order chi connectivity index (χ1) is 9.90. The smallest absolute Gasteiger partial charge is 0.0971 e. The molecule has 0 aliphatic carbocycles. The SMILES string of the molecule is C=CCN(CC=C)C(C)C.C=CC[N+](C)(CC=C)CCC.Cl.[Cl-]. The van der Waals surface area contributed by atoms with Gasteiger partial charge in [-0.05, 0) is 32.4 Å². The summed E-state index contributed by atoms with van der Waals surface area (Å²) >= 11 is 0. The van der Waals surface area contributed by atoms with Gasteiger partial charge in [-0.25, -0.2) is 0 Å². The number of quaternary nitrogens is 1. The van der Waals surface area contributed by atoms with Gasteiger partial charge in [0.25, 0.3) is 0 Å². The zero-order chi connectivity index (χ0) is 16.7. The number of likely N-dealkylation sites (N-methyl/N-ethyl adjacent to an activating group) is 1. The Hall–Kier alpha value is -0.540. The lowest BCUT2D eigenvalue weighted by Crippen LogP contribution is -3.00. The van der Waals surface area contributed by atoms with Crippen LogP contribution in [-0.4, -0.2) is 55.2 Å². The van der Waals surface area contributed by atoms with Crippen LogP contribution in [0.1, 0.15) is 27.2 Å². The summed E-state index contributed by atoms with van der Waals surface area (Å²) in [6.07, 6.45) is 9.03. The van der Waals surface area contributed by atoms with Crippen LogP contribution < -0.4 is 12.4 Å². The van der Waals surface area contributed by atoms with Gasteiger partial charge in [-0.15, -0.1) is 25.6 Å². The molecule has 0 N–H and O–H groups in total. The fraction of sp³-hybridized carbons (Fsp3) is 0.579. The minimum atomic E-state index is 0. The van der Waals surface area contributed by atoms with Gasteiger partial charge in [0.15, 0.2) is 0 Å². The van der Waals surface area contributed by atoms with Crippen molar-refractivity contribution in [3.63, 3.8) is 0 Å². The topological polar surface area (TPSA) is 3.24 Å². The van der Waals surface area contributed by atoms with Gasteiger partial charge >= 0.3 is 0 Å². The molecule has 0 aromatic carbocycles. The standard InChI is InChI=1S/C10H20N.C9H17N.2ClH/c1-5-8-11(4,9-6-2)10-7-3;1-5-7-10(8-6-2)9(3)4;;/h5-6H,1-2,7-10H2,3-4H3;5-6,9H,1-2,7-8H2,3-4H3;2*1H/q+1;;;/p-1. The summed E-state index contributed by atoms with van der Waals surface area (Å²) in [5, 5.41) is 0. The van der Waals surface area contributed by atoms with E-state index in [0.717, 1.165) is 30.7 Å². The quantitative estimate of drug-likeness (QED) is 0.398. The maximum Gasteiger partial charge on any atom is 0.0971 e. The van der Waals surface area contributed by atoms with E-state index in [1.54, 1.807) is 0 Å². The van der Waals surface area contributed by atoms with Gasteiger partial charge in [-0.1, -0.05) is 32.2 Å². The summed E-state index contributed by atoms with van der Waals surface area (Å²) in [4.78, 5) is 2.29. The molecule has 0 saturated heterocycles. The van der Waals surface area contributed by atoms with Crippen LogP contribution in [0.25, 0.3) is 0 Å². The fourth-order valence-electron chi connectivity index (χ4n) is 2.25. The van der Waals surface area contributed by atoms with Gasteiger partial charge in [0.2, 0.25) is 0 Å². The van der Waals surface area contributed by atoms with E-state index in [1.165, 1.54) is 13.0 Å². The molecule has 0 aliphatic rings. The van der Waals surface area contributed by atoms with Crippen molar-refractivity contribution >= 4 is 12.4 Å². The lowest BCUT2D eigenvalue weighted by atomic mass is 10.3. The van der Waals surface area contributed by atoms with Gasteiger partial charge < -0.3 is 16.9 Å². The Bertz CT molecular complexity index is 282. The summed E-state index contributed by atoms with van der Waals surface area (Å²) in [5.74, 6) is 0. The Morgan fingerprint density at radius 1 is 0.913 bits per heavy atom. The lowest BCUT2D eigenvalue weighted by molar-refractivity contribution is -0.898. The molecule has 0 saturated carbocycles. The molecule has 0 bridgehead atoms.